The third kappa shape index (κ3) is 9.28. The lowest BCUT2D eigenvalue weighted by molar-refractivity contribution is -0.870. The Labute approximate surface area is 186 Å². The Hall–Kier alpha value is -0.570. The van der Waals surface area contributed by atoms with Crippen molar-refractivity contribution in [1.29, 1.82) is 0 Å². The van der Waals surface area contributed by atoms with Gasteiger partial charge in [0.15, 0.2) is 0 Å². The Bertz CT molecular complexity index is 525. The van der Waals surface area contributed by atoms with Crippen molar-refractivity contribution < 1.29 is 14.0 Å². The van der Waals surface area contributed by atoms with Gasteiger partial charge in [-0.25, -0.2) is 0 Å². The van der Waals surface area contributed by atoms with E-state index in [1.165, 1.54) is 44.9 Å². The van der Waals surface area contributed by atoms with Gasteiger partial charge in [0.05, 0.1) is 34.3 Å². The van der Waals surface area contributed by atoms with Crippen LogP contribution in [0.4, 0.5) is 0 Å². The lowest BCUT2D eigenvalue weighted by Gasteiger charge is -2.23. The number of esters is 1. The highest BCUT2D eigenvalue weighted by Gasteiger charge is 2.48. The van der Waals surface area contributed by atoms with Crippen molar-refractivity contribution in [2.45, 2.75) is 96.8 Å². The van der Waals surface area contributed by atoms with Gasteiger partial charge < -0.3 is 9.22 Å². The number of ether oxygens (including phenoxy) is 1. The maximum Gasteiger partial charge on any atom is 0.305 e. The van der Waals surface area contributed by atoms with Crippen LogP contribution in [0.5, 0.6) is 0 Å². The summed E-state index contributed by atoms with van der Waals surface area (Å²) in [6.45, 7) is 4.00. The number of nitrogens with zero attached hydrogens (tertiary/aromatic N) is 1. The third-order valence-corrected chi connectivity index (χ3v) is 8.13. The molecule has 0 heterocycles. The fourth-order valence-corrected chi connectivity index (χ4v) is 5.72. The molecule has 0 radical (unpaired) electrons. The minimum Gasteiger partial charge on any atom is -0.465 e. The standard InChI is InChI=1S/C27H50NO2/c1-5-21-16-23(21)18-25-20-26(25)19-24-17-22(24)12-9-7-6-8-10-13-27(29)30-15-11-14-28(2,3)4/h21-26H,5-20H2,1-4H3/q+1. The van der Waals surface area contributed by atoms with Crippen molar-refractivity contribution in [3.05, 3.63) is 0 Å². The van der Waals surface area contributed by atoms with Gasteiger partial charge in [-0.3, -0.25) is 4.79 Å². The minimum absolute atomic E-state index is 0.00233. The van der Waals surface area contributed by atoms with E-state index < -0.39 is 0 Å². The van der Waals surface area contributed by atoms with Gasteiger partial charge in [0.25, 0.3) is 0 Å². The summed E-state index contributed by atoms with van der Waals surface area (Å²) < 4.78 is 6.28. The van der Waals surface area contributed by atoms with E-state index in [1.54, 1.807) is 25.7 Å². The van der Waals surface area contributed by atoms with Crippen molar-refractivity contribution in [2.75, 3.05) is 34.3 Å². The van der Waals surface area contributed by atoms with E-state index in [-0.39, 0.29) is 5.97 Å². The minimum atomic E-state index is 0.00233. The van der Waals surface area contributed by atoms with E-state index in [9.17, 15) is 4.79 Å². The van der Waals surface area contributed by atoms with Crippen LogP contribution in [0.2, 0.25) is 0 Å². The molecule has 6 unspecified atom stereocenters. The Morgan fingerprint density at radius 2 is 1.33 bits per heavy atom. The average molecular weight is 421 g/mol. The second-order valence-corrected chi connectivity index (χ2v) is 12.0. The van der Waals surface area contributed by atoms with Gasteiger partial charge in [-0.2, -0.15) is 0 Å². The monoisotopic (exact) mass is 420 g/mol. The van der Waals surface area contributed by atoms with E-state index in [4.69, 9.17) is 4.74 Å². The van der Waals surface area contributed by atoms with Crippen LogP contribution in [0.15, 0.2) is 0 Å². The van der Waals surface area contributed by atoms with Crippen LogP contribution in [-0.4, -0.2) is 44.7 Å². The highest BCUT2D eigenvalue weighted by Crippen LogP contribution is 2.58. The fraction of sp³-hybridized carbons (Fsp3) is 0.963. The lowest BCUT2D eigenvalue weighted by atomic mass is 10.0. The Morgan fingerprint density at radius 1 is 0.767 bits per heavy atom. The van der Waals surface area contributed by atoms with E-state index in [1.807, 2.05) is 0 Å². The number of unbranched alkanes of at least 4 members (excludes halogenated alkanes) is 4. The molecule has 0 aromatic heterocycles. The van der Waals surface area contributed by atoms with Crippen LogP contribution >= 0.6 is 0 Å². The molecule has 3 rings (SSSR count). The predicted octanol–water partition coefficient (Wildman–Crippen LogP) is 6.46. The van der Waals surface area contributed by atoms with E-state index >= 15 is 0 Å². The van der Waals surface area contributed by atoms with Gasteiger partial charge in [0.2, 0.25) is 0 Å². The SMILES string of the molecule is CCC1CC1CC1CC1CC1CC1CCCCCCCC(=O)OCCC[N+](C)(C)C. The second kappa shape index (κ2) is 11.3. The molecule has 3 saturated carbocycles. The highest BCUT2D eigenvalue weighted by atomic mass is 16.5. The van der Waals surface area contributed by atoms with E-state index in [2.05, 4.69) is 28.1 Å². The maximum absolute atomic E-state index is 11.8. The lowest BCUT2D eigenvalue weighted by Crippen LogP contribution is -2.35. The molecule has 0 aliphatic heterocycles. The van der Waals surface area contributed by atoms with Crippen molar-refractivity contribution in [2.24, 2.45) is 35.5 Å². The smallest absolute Gasteiger partial charge is 0.305 e. The number of hydrogen-bond donors (Lipinski definition) is 0. The summed E-state index contributed by atoms with van der Waals surface area (Å²) in [5, 5.41) is 0. The zero-order chi connectivity index (χ0) is 21.6. The first-order valence-electron chi connectivity index (χ1n) is 13.3. The molecule has 0 bridgehead atoms. The van der Waals surface area contributed by atoms with Crippen molar-refractivity contribution in [3.63, 3.8) is 0 Å². The molecule has 0 aromatic carbocycles. The summed E-state index contributed by atoms with van der Waals surface area (Å²) in [4.78, 5) is 11.8. The summed E-state index contributed by atoms with van der Waals surface area (Å²) in [5.74, 6) is 6.62. The summed E-state index contributed by atoms with van der Waals surface area (Å²) in [6, 6.07) is 0. The molecule has 0 spiro atoms. The molecule has 3 heteroatoms. The largest absolute Gasteiger partial charge is 0.465 e. The zero-order valence-corrected chi connectivity index (χ0v) is 20.5. The number of carbonyl (C=O) groups is 1. The summed E-state index contributed by atoms with van der Waals surface area (Å²) in [6.07, 6.45) is 18.5. The van der Waals surface area contributed by atoms with Crippen molar-refractivity contribution in [3.8, 4) is 0 Å². The first-order chi connectivity index (χ1) is 14.4. The fourth-order valence-electron chi connectivity index (χ4n) is 5.72. The summed E-state index contributed by atoms with van der Waals surface area (Å²) >= 11 is 0. The van der Waals surface area contributed by atoms with Gasteiger partial charge in [-0.15, -0.1) is 0 Å². The van der Waals surface area contributed by atoms with Gasteiger partial charge >= 0.3 is 5.97 Å². The average Bonchev–Trinajstić information content (AvgIpc) is 3.58. The molecule has 3 nitrogen and oxygen atoms in total. The van der Waals surface area contributed by atoms with Crippen LogP contribution in [0, 0.1) is 35.5 Å². The molecule has 0 amide bonds. The zero-order valence-electron chi connectivity index (χ0n) is 20.5. The quantitative estimate of drug-likeness (QED) is 0.153. The van der Waals surface area contributed by atoms with E-state index in [0.717, 1.165) is 59.4 Å². The van der Waals surface area contributed by atoms with Crippen LogP contribution < -0.4 is 0 Å². The molecule has 30 heavy (non-hydrogen) atoms. The highest BCUT2D eigenvalue weighted by molar-refractivity contribution is 5.69. The molecule has 3 aliphatic carbocycles. The molecule has 6 atom stereocenters. The molecular weight excluding hydrogens is 370 g/mol. The molecule has 0 N–H and O–H groups in total. The second-order valence-electron chi connectivity index (χ2n) is 12.0. The Morgan fingerprint density at radius 3 is 2.00 bits per heavy atom. The van der Waals surface area contributed by atoms with Crippen LogP contribution in [0.1, 0.15) is 96.8 Å². The van der Waals surface area contributed by atoms with Gasteiger partial charge in [-0.1, -0.05) is 45.4 Å². The molecule has 3 fully saturated rings. The Balaban J connectivity index is 1.06. The van der Waals surface area contributed by atoms with Crippen LogP contribution in [0.25, 0.3) is 0 Å². The summed E-state index contributed by atoms with van der Waals surface area (Å²) in [5.41, 5.74) is 0. The molecule has 3 aliphatic rings. The first kappa shape index (κ1) is 24.1. The topological polar surface area (TPSA) is 26.3 Å². The number of carbonyl (C=O) groups excluding carboxylic acids is 1. The molecule has 174 valence electrons. The molecular formula is C27H50NO2+. The Kier molecular flexibility index (Phi) is 9.10. The number of quaternary nitrogens is 1. The van der Waals surface area contributed by atoms with Crippen LogP contribution in [0.3, 0.4) is 0 Å². The number of hydrogen-bond acceptors (Lipinski definition) is 2. The third-order valence-electron chi connectivity index (χ3n) is 8.13. The van der Waals surface area contributed by atoms with Crippen molar-refractivity contribution in [1.82, 2.24) is 0 Å². The van der Waals surface area contributed by atoms with Crippen molar-refractivity contribution >= 4 is 5.97 Å². The van der Waals surface area contributed by atoms with Gasteiger partial charge in [-0.05, 0) is 74.0 Å². The van der Waals surface area contributed by atoms with E-state index in [0.29, 0.717) is 13.0 Å². The summed E-state index contributed by atoms with van der Waals surface area (Å²) in [7, 11) is 6.51. The normalized spacial score (nSPS) is 32.1. The molecule has 0 aromatic rings. The maximum atomic E-state index is 11.8. The predicted molar refractivity (Wildman–Crippen MR) is 125 cm³/mol. The first-order valence-corrected chi connectivity index (χ1v) is 13.3. The molecule has 0 saturated heterocycles. The van der Waals surface area contributed by atoms with Gasteiger partial charge in [0.1, 0.15) is 0 Å². The number of rotatable bonds is 17. The van der Waals surface area contributed by atoms with Gasteiger partial charge in [0, 0.05) is 12.8 Å². The van der Waals surface area contributed by atoms with Crippen LogP contribution in [-0.2, 0) is 9.53 Å².